The van der Waals surface area contributed by atoms with Crippen LogP contribution in [-0.4, -0.2) is 42.0 Å². The quantitative estimate of drug-likeness (QED) is 0.840. The summed E-state index contributed by atoms with van der Waals surface area (Å²) in [6.45, 7) is 7.57. The van der Waals surface area contributed by atoms with Crippen LogP contribution in [0.3, 0.4) is 0 Å². The zero-order valence-electron chi connectivity index (χ0n) is 13.1. The van der Waals surface area contributed by atoms with Crippen LogP contribution in [0.25, 0.3) is 0 Å². The van der Waals surface area contributed by atoms with E-state index in [1.54, 1.807) is 12.1 Å². The molecule has 2 atom stereocenters. The molecule has 116 valence electrons. The molecule has 1 aromatic carbocycles. The monoisotopic (exact) mass is 290 g/mol. The molecule has 0 aromatic heterocycles. The lowest BCUT2D eigenvalue weighted by Crippen LogP contribution is -2.51. The van der Waals surface area contributed by atoms with Crippen LogP contribution in [0.4, 0.5) is 4.39 Å². The fourth-order valence-electron chi connectivity index (χ4n) is 3.89. The highest BCUT2D eigenvalue weighted by atomic mass is 19.1. The van der Waals surface area contributed by atoms with E-state index in [1.165, 1.54) is 25.7 Å². The Balaban J connectivity index is 1.50. The van der Waals surface area contributed by atoms with E-state index >= 15 is 0 Å². The Morgan fingerprint density at radius 2 is 1.86 bits per heavy atom. The minimum atomic E-state index is -0.0685. The second kappa shape index (κ2) is 6.89. The van der Waals surface area contributed by atoms with E-state index in [0.717, 1.165) is 50.2 Å². The number of hydrogen-bond acceptors (Lipinski definition) is 2. The smallest absolute Gasteiger partial charge is 0.127 e. The van der Waals surface area contributed by atoms with Crippen molar-refractivity contribution in [3.63, 3.8) is 0 Å². The van der Waals surface area contributed by atoms with Gasteiger partial charge in [0, 0.05) is 44.3 Å². The van der Waals surface area contributed by atoms with E-state index < -0.39 is 0 Å². The fourth-order valence-corrected chi connectivity index (χ4v) is 3.89. The van der Waals surface area contributed by atoms with E-state index in [9.17, 15) is 4.39 Å². The zero-order valence-corrected chi connectivity index (χ0v) is 13.1. The highest BCUT2D eigenvalue weighted by molar-refractivity contribution is 5.17. The Morgan fingerprint density at radius 1 is 1.10 bits per heavy atom. The van der Waals surface area contributed by atoms with Crippen LogP contribution in [0.15, 0.2) is 24.3 Å². The van der Waals surface area contributed by atoms with Gasteiger partial charge in [0.1, 0.15) is 5.82 Å². The Morgan fingerprint density at radius 3 is 2.57 bits per heavy atom. The molecule has 0 N–H and O–H groups in total. The summed E-state index contributed by atoms with van der Waals surface area (Å²) in [4.78, 5) is 5.06. The maximum absolute atomic E-state index is 13.7. The van der Waals surface area contributed by atoms with E-state index in [0.29, 0.717) is 0 Å². The molecule has 0 spiro atoms. The number of nitrogens with zero attached hydrogens (tertiary/aromatic N) is 2. The van der Waals surface area contributed by atoms with Crippen LogP contribution < -0.4 is 0 Å². The van der Waals surface area contributed by atoms with Gasteiger partial charge in [0.2, 0.25) is 0 Å². The third-order valence-electron chi connectivity index (χ3n) is 5.18. The molecule has 21 heavy (non-hydrogen) atoms. The van der Waals surface area contributed by atoms with Crippen molar-refractivity contribution in [2.45, 2.75) is 45.2 Å². The van der Waals surface area contributed by atoms with Gasteiger partial charge in [-0.15, -0.1) is 0 Å². The number of piperazine rings is 1. The van der Waals surface area contributed by atoms with E-state index in [4.69, 9.17) is 0 Å². The third kappa shape index (κ3) is 3.83. The molecule has 0 radical (unpaired) electrons. The molecule has 1 aliphatic heterocycles. The molecular weight excluding hydrogens is 263 g/mol. The van der Waals surface area contributed by atoms with Crippen LogP contribution in [0.2, 0.25) is 0 Å². The number of benzene rings is 1. The van der Waals surface area contributed by atoms with Crippen molar-refractivity contribution in [1.29, 1.82) is 0 Å². The largest absolute Gasteiger partial charge is 0.298 e. The van der Waals surface area contributed by atoms with Crippen molar-refractivity contribution in [1.82, 2.24) is 9.80 Å². The lowest BCUT2D eigenvalue weighted by atomic mass is 9.86. The lowest BCUT2D eigenvalue weighted by Gasteiger charge is -2.42. The van der Waals surface area contributed by atoms with Crippen molar-refractivity contribution < 1.29 is 4.39 Å². The summed E-state index contributed by atoms with van der Waals surface area (Å²) < 4.78 is 13.7. The summed E-state index contributed by atoms with van der Waals surface area (Å²) in [6, 6.07) is 7.96. The van der Waals surface area contributed by atoms with Crippen molar-refractivity contribution in [3.05, 3.63) is 35.6 Å². The summed E-state index contributed by atoms with van der Waals surface area (Å²) in [5.41, 5.74) is 0.831. The van der Waals surface area contributed by atoms with Gasteiger partial charge in [0.05, 0.1) is 0 Å². The summed E-state index contributed by atoms with van der Waals surface area (Å²) in [7, 11) is 0. The molecule has 3 heteroatoms. The van der Waals surface area contributed by atoms with Crippen molar-refractivity contribution in [2.75, 3.05) is 26.2 Å². The first-order valence-electron chi connectivity index (χ1n) is 8.42. The third-order valence-corrected chi connectivity index (χ3v) is 5.18. The predicted molar refractivity (Wildman–Crippen MR) is 84.7 cm³/mol. The maximum atomic E-state index is 13.7. The average molecular weight is 290 g/mol. The summed E-state index contributed by atoms with van der Waals surface area (Å²) in [6.07, 6.45) is 5.54. The highest BCUT2D eigenvalue weighted by Gasteiger charge is 2.27. The van der Waals surface area contributed by atoms with Crippen molar-refractivity contribution in [3.8, 4) is 0 Å². The topological polar surface area (TPSA) is 6.48 Å². The van der Waals surface area contributed by atoms with Gasteiger partial charge < -0.3 is 0 Å². The van der Waals surface area contributed by atoms with Crippen molar-refractivity contribution in [2.24, 2.45) is 5.92 Å². The van der Waals surface area contributed by atoms with Crippen LogP contribution in [-0.2, 0) is 6.54 Å². The first-order chi connectivity index (χ1) is 10.2. The van der Waals surface area contributed by atoms with Crippen LogP contribution in [0, 0.1) is 11.7 Å². The summed E-state index contributed by atoms with van der Waals surface area (Å²) >= 11 is 0. The fraction of sp³-hybridized carbons (Fsp3) is 0.667. The van der Waals surface area contributed by atoms with E-state index in [1.807, 2.05) is 12.1 Å². The molecule has 0 amide bonds. The minimum absolute atomic E-state index is 0.0685. The standard InChI is InChI=1S/C18H27FN2/c1-15-5-4-7-17(13-15)21-11-9-20(10-12-21)14-16-6-2-3-8-18(16)19/h2-3,6,8,15,17H,4-5,7,9-14H2,1H3/t15-,17+/m0/s1. The first kappa shape index (κ1) is 15.0. The molecule has 3 rings (SSSR count). The van der Waals surface area contributed by atoms with Gasteiger partial charge in [-0.3, -0.25) is 9.80 Å². The second-order valence-electron chi connectivity index (χ2n) is 6.83. The molecule has 1 aromatic rings. The minimum Gasteiger partial charge on any atom is -0.298 e. The number of halogens is 1. The highest BCUT2D eigenvalue weighted by Crippen LogP contribution is 2.28. The lowest BCUT2D eigenvalue weighted by molar-refractivity contribution is 0.0655. The molecule has 1 aliphatic carbocycles. The molecule has 1 heterocycles. The summed E-state index contributed by atoms with van der Waals surface area (Å²) in [5, 5.41) is 0. The van der Waals surface area contributed by atoms with Gasteiger partial charge in [-0.1, -0.05) is 38.0 Å². The van der Waals surface area contributed by atoms with Gasteiger partial charge in [0.25, 0.3) is 0 Å². The van der Waals surface area contributed by atoms with Gasteiger partial charge >= 0.3 is 0 Å². The Bertz CT molecular complexity index is 454. The molecule has 0 bridgehead atoms. The Kier molecular flexibility index (Phi) is 4.91. The Labute approximate surface area is 127 Å². The summed E-state index contributed by atoms with van der Waals surface area (Å²) in [5.74, 6) is 0.821. The molecule has 0 unspecified atom stereocenters. The number of hydrogen-bond donors (Lipinski definition) is 0. The van der Waals surface area contributed by atoms with Gasteiger partial charge in [-0.25, -0.2) is 4.39 Å². The molecule has 2 aliphatic rings. The number of rotatable bonds is 3. The zero-order chi connectivity index (χ0) is 14.7. The van der Waals surface area contributed by atoms with Crippen LogP contribution in [0.1, 0.15) is 38.2 Å². The van der Waals surface area contributed by atoms with Crippen molar-refractivity contribution >= 4 is 0 Å². The normalized spacial score (nSPS) is 28.7. The second-order valence-corrected chi connectivity index (χ2v) is 6.83. The molecule has 1 saturated heterocycles. The predicted octanol–water partition coefficient (Wildman–Crippen LogP) is 3.52. The Hall–Kier alpha value is -0.930. The molecule has 2 nitrogen and oxygen atoms in total. The van der Waals surface area contributed by atoms with Gasteiger partial charge in [-0.2, -0.15) is 0 Å². The van der Waals surface area contributed by atoms with Crippen LogP contribution >= 0.6 is 0 Å². The average Bonchev–Trinajstić information content (AvgIpc) is 2.50. The van der Waals surface area contributed by atoms with Gasteiger partial charge in [0.15, 0.2) is 0 Å². The first-order valence-corrected chi connectivity index (χ1v) is 8.42. The van der Waals surface area contributed by atoms with Crippen LogP contribution in [0.5, 0.6) is 0 Å². The maximum Gasteiger partial charge on any atom is 0.127 e. The van der Waals surface area contributed by atoms with E-state index in [-0.39, 0.29) is 5.82 Å². The van der Waals surface area contributed by atoms with Gasteiger partial charge in [-0.05, 0) is 24.8 Å². The molecule has 1 saturated carbocycles. The molecular formula is C18H27FN2. The van der Waals surface area contributed by atoms with E-state index in [2.05, 4.69) is 16.7 Å². The SMILES string of the molecule is C[C@H]1CCC[C@@H](N2CCN(Cc3ccccc3F)CC2)C1. The molecule has 2 fully saturated rings.